The van der Waals surface area contributed by atoms with E-state index in [1.807, 2.05) is 54.9 Å². The summed E-state index contributed by atoms with van der Waals surface area (Å²) < 4.78 is 0. The number of amides is 3. The van der Waals surface area contributed by atoms with Gasteiger partial charge in [0.05, 0.1) is 33.8 Å². The molecule has 10 rings (SSSR count). The smallest absolute Gasteiger partial charge is 0.244 e. The monoisotopic (exact) mass is 1060 g/mol. The van der Waals surface area contributed by atoms with Crippen molar-refractivity contribution < 1.29 is 19.2 Å². The molecule has 3 amide bonds. The predicted molar refractivity (Wildman–Crippen MR) is 297 cm³/mol. The number of nitrogens with two attached hydrogens (primary N) is 1. The molecular weight excluding hydrogens is 999 g/mol. The van der Waals surface area contributed by atoms with Crippen LogP contribution >= 0.6 is 34.8 Å². The Labute approximate surface area is 447 Å². The van der Waals surface area contributed by atoms with Crippen LogP contribution in [-0.4, -0.2) is 89.1 Å². The summed E-state index contributed by atoms with van der Waals surface area (Å²) in [6.07, 6.45) is 22.1. The average Bonchev–Trinajstić information content (AvgIpc) is 4.23. The van der Waals surface area contributed by atoms with E-state index in [2.05, 4.69) is 65.7 Å². The van der Waals surface area contributed by atoms with E-state index in [0.717, 1.165) is 122 Å². The van der Waals surface area contributed by atoms with Crippen molar-refractivity contribution in [3.8, 4) is 22.5 Å². The fraction of sp³-hybridized carbons (Fsp3) is 0.418. The van der Waals surface area contributed by atoms with E-state index in [-0.39, 0.29) is 73.2 Å². The number of carbonyl (C=O) groups is 4. The maximum absolute atomic E-state index is 12.9. The van der Waals surface area contributed by atoms with Crippen LogP contribution in [0.25, 0.3) is 44.3 Å². The van der Waals surface area contributed by atoms with Crippen molar-refractivity contribution in [1.82, 2.24) is 45.9 Å². The van der Waals surface area contributed by atoms with Gasteiger partial charge in [-0.05, 0) is 126 Å². The summed E-state index contributed by atoms with van der Waals surface area (Å²) >= 11 is 17.6. The molecule has 0 saturated heterocycles. The number of allylic oxidation sites excluding steroid dienone is 1. The normalized spacial score (nSPS) is 23.1. The Morgan fingerprint density at radius 3 is 1.50 bits per heavy atom. The molecule has 4 fully saturated rings. The van der Waals surface area contributed by atoms with Crippen LogP contribution in [0.2, 0.25) is 10.0 Å². The van der Waals surface area contributed by atoms with Crippen molar-refractivity contribution in [2.24, 2.45) is 17.6 Å². The molecule has 16 nitrogen and oxygen atoms in total. The van der Waals surface area contributed by atoms with E-state index >= 15 is 0 Å². The molecule has 19 heteroatoms. The lowest BCUT2D eigenvalue weighted by Crippen LogP contribution is -2.44. The zero-order valence-corrected chi connectivity index (χ0v) is 42.9. The highest BCUT2D eigenvalue weighted by atomic mass is 35.5. The number of nitrogens with zero attached hydrogens (tertiary/aromatic N) is 4. The van der Waals surface area contributed by atoms with E-state index < -0.39 is 5.24 Å². The zero-order chi connectivity index (χ0) is 51.4. The van der Waals surface area contributed by atoms with Gasteiger partial charge in [-0.25, -0.2) is 19.9 Å². The highest BCUT2D eigenvalue weighted by molar-refractivity contribution is 6.66. The Morgan fingerprint density at radius 2 is 1.04 bits per heavy atom. The SMILES string of the molecule is C.C=CC(=O)Cl.C=CC(=O)N[C@@H]1CCC(C(=O)N[C@H]2CCC[C@@H](Nc3ncc(Cl)c(-c4c[nH]c5ccccc45)n3)C2)C1.N[C@@H]1CCC(C(=O)N[C@H]2CCC[C@@H](Nc3ncc(Cl)c(-c4c[nH]c5ccccc45)n3)C2)C1. The van der Waals surface area contributed by atoms with Crippen molar-refractivity contribution >= 4 is 91.5 Å². The summed E-state index contributed by atoms with van der Waals surface area (Å²) in [7, 11) is 0. The van der Waals surface area contributed by atoms with Gasteiger partial charge in [-0.2, -0.15) is 0 Å². The second-order valence-corrected chi connectivity index (χ2v) is 20.6. The highest BCUT2D eigenvalue weighted by Gasteiger charge is 2.34. The number of rotatable bonds is 13. The minimum absolute atomic E-state index is 0. The van der Waals surface area contributed by atoms with Crippen LogP contribution in [0.5, 0.6) is 0 Å². The summed E-state index contributed by atoms with van der Waals surface area (Å²) in [6, 6.07) is 17.0. The number of hydrogen-bond acceptors (Lipinski definition) is 11. The summed E-state index contributed by atoms with van der Waals surface area (Å²) in [5.41, 5.74) is 11.3. The molecule has 6 aromatic rings. The lowest BCUT2D eigenvalue weighted by Gasteiger charge is -2.31. The number of nitrogens with one attached hydrogen (secondary N) is 7. The van der Waals surface area contributed by atoms with Gasteiger partial charge in [0.2, 0.25) is 34.9 Å². The van der Waals surface area contributed by atoms with Crippen molar-refractivity contribution in [1.29, 1.82) is 0 Å². The van der Waals surface area contributed by atoms with Gasteiger partial charge in [-0.15, -0.1) is 0 Å². The highest BCUT2D eigenvalue weighted by Crippen LogP contribution is 2.35. The molecule has 4 saturated carbocycles. The maximum atomic E-state index is 12.9. The Kier molecular flexibility index (Phi) is 19.7. The Hall–Kier alpha value is -6.33. The van der Waals surface area contributed by atoms with Gasteiger partial charge in [-0.1, -0.05) is 80.2 Å². The molecule has 9 N–H and O–H groups in total. The van der Waals surface area contributed by atoms with Crippen LogP contribution < -0.4 is 32.3 Å². The number of carbonyl (C=O) groups excluding carboxylic acids is 4. The number of hydrogen-bond donors (Lipinski definition) is 8. The summed E-state index contributed by atoms with van der Waals surface area (Å²) in [6.45, 7) is 6.57. The Bertz CT molecular complexity index is 2930. The van der Waals surface area contributed by atoms with Crippen LogP contribution in [0.4, 0.5) is 11.9 Å². The fourth-order valence-corrected chi connectivity index (χ4v) is 10.9. The number of halogens is 3. The summed E-state index contributed by atoms with van der Waals surface area (Å²) in [5, 5.41) is 19.0. The molecule has 0 radical (unpaired) electrons. The molecule has 0 spiro atoms. The molecule has 4 heterocycles. The van der Waals surface area contributed by atoms with E-state index in [4.69, 9.17) is 50.5 Å². The van der Waals surface area contributed by atoms with Crippen molar-refractivity contribution in [3.63, 3.8) is 0 Å². The molecule has 2 unspecified atom stereocenters. The molecule has 0 aliphatic heterocycles. The van der Waals surface area contributed by atoms with Gasteiger partial charge in [0.15, 0.2) is 0 Å². The van der Waals surface area contributed by atoms with Crippen LogP contribution in [0.3, 0.4) is 0 Å². The number of aromatic amines is 2. The van der Waals surface area contributed by atoms with Crippen LogP contribution in [0.15, 0.2) is 98.6 Å². The first-order valence-corrected chi connectivity index (χ1v) is 26.3. The zero-order valence-electron chi connectivity index (χ0n) is 40.6. The second kappa shape index (κ2) is 26.2. The first kappa shape index (κ1) is 55.4. The lowest BCUT2D eigenvalue weighted by molar-refractivity contribution is -0.126. The Balaban J connectivity index is 0.000000197. The first-order valence-electron chi connectivity index (χ1n) is 25.2. The third-order valence-electron chi connectivity index (χ3n) is 14.2. The molecule has 4 aliphatic carbocycles. The number of fused-ring (bicyclic) bond motifs is 2. The molecular formula is C55H67Cl3N12O4. The van der Waals surface area contributed by atoms with Crippen molar-refractivity contribution in [2.45, 2.75) is 134 Å². The predicted octanol–water partition coefficient (Wildman–Crippen LogP) is 10.4. The maximum Gasteiger partial charge on any atom is 0.244 e. The molecule has 74 heavy (non-hydrogen) atoms. The minimum atomic E-state index is -0.509. The third kappa shape index (κ3) is 14.5. The summed E-state index contributed by atoms with van der Waals surface area (Å²) in [5.74, 6) is 1.16. The molecule has 0 bridgehead atoms. The average molecular weight is 1070 g/mol. The molecule has 4 aliphatic rings. The quantitative estimate of drug-likeness (QED) is 0.0400. The van der Waals surface area contributed by atoms with Crippen LogP contribution in [0.1, 0.15) is 97.3 Å². The van der Waals surface area contributed by atoms with Gasteiger partial charge in [0, 0.05) is 93.4 Å². The third-order valence-corrected chi connectivity index (χ3v) is 14.9. The molecule has 8 atom stereocenters. The van der Waals surface area contributed by atoms with Gasteiger partial charge >= 0.3 is 0 Å². The standard InChI is InChI=1S/C27H31ClN6O2.C24H29ClN6O.C3H3ClO.CH4/c1-2-24(35)31-19-11-10-16(12-19)26(36)32-17-6-5-7-18(13-17)33-27-30-15-22(28)25(34-27)21-14-29-23-9-4-3-8-20(21)23;25-20-13-28-24(31-22(20)19-12-27-21-7-2-1-6-18(19)21)30-17-5-3-4-16(11-17)29-23(32)14-8-9-15(26)10-14;1-2-3(4)5;/h2-4,8-9,14-19,29H,1,5-7,10-13H2,(H,31,35)(H,32,36)(H,30,33,34);1-2,6-7,12-17,27H,3-5,8-11,26H2,(H,29,32)(H,28,30,31);2H,1H2;1H4/t16?,17-,18+,19+;14?,15-,16+,17-;;/m01../s1. The van der Waals surface area contributed by atoms with E-state index in [9.17, 15) is 19.2 Å². The molecule has 392 valence electrons. The number of anilines is 2. The van der Waals surface area contributed by atoms with Gasteiger partial charge < -0.3 is 42.3 Å². The largest absolute Gasteiger partial charge is 0.360 e. The van der Waals surface area contributed by atoms with E-state index in [0.29, 0.717) is 39.8 Å². The second-order valence-electron chi connectivity index (χ2n) is 19.4. The molecule has 4 aromatic heterocycles. The lowest BCUT2D eigenvalue weighted by atomic mass is 9.90. The van der Waals surface area contributed by atoms with Crippen LogP contribution in [0, 0.1) is 11.8 Å². The Morgan fingerprint density at radius 1 is 0.595 bits per heavy atom. The van der Waals surface area contributed by atoms with Crippen molar-refractivity contribution in [3.05, 3.63) is 109 Å². The first-order chi connectivity index (χ1) is 35.3. The van der Waals surface area contributed by atoms with Gasteiger partial charge in [0.1, 0.15) is 0 Å². The number of H-pyrrole nitrogens is 2. The summed E-state index contributed by atoms with van der Waals surface area (Å²) in [4.78, 5) is 71.4. The van der Waals surface area contributed by atoms with Gasteiger partial charge in [0.25, 0.3) is 0 Å². The number of para-hydroxylation sites is 2. The number of aromatic nitrogens is 6. The fourth-order valence-electron chi connectivity index (χ4n) is 10.6. The minimum Gasteiger partial charge on any atom is -0.360 e. The topological polar surface area (TPSA) is 238 Å². The molecule has 2 aromatic carbocycles. The van der Waals surface area contributed by atoms with Gasteiger partial charge in [-0.3, -0.25) is 19.2 Å². The van der Waals surface area contributed by atoms with E-state index in [1.165, 1.54) is 6.08 Å². The van der Waals surface area contributed by atoms with Crippen molar-refractivity contribution in [2.75, 3.05) is 10.6 Å². The van der Waals surface area contributed by atoms with E-state index in [1.54, 1.807) is 12.4 Å². The number of benzene rings is 2. The van der Waals surface area contributed by atoms with Crippen LogP contribution in [-0.2, 0) is 19.2 Å².